The van der Waals surface area contributed by atoms with E-state index in [1.54, 1.807) is 17.9 Å². The summed E-state index contributed by atoms with van der Waals surface area (Å²) in [5.74, 6) is 0.734. The number of hydrogen-bond acceptors (Lipinski definition) is 3. The lowest BCUT2D eigenvalue weighted by molar-refractivity contribution is 0.414. The third-order valence-electron chi connectivity index (χ3n) is 2.67. The van der Waals surface area contributed by atoms with Crippen LogP contribution in [0.25, 0.3) is 5.69 Å². The molecule has 0 atom stereocenters. The fourth-order valence-electron chi connectivity index (χ4n) is 1.69. The van der Waals surface area contributed by atoms with Crippen LogP contribution < -0.4 is 10.5 Å². The molecule has 1 aromatic carbocycles. The Morgan fingerprint density at radius 2 is 2.06 bits per heavy atom. The van der Waals surface area contributed by atoms with Gasteiger partial charge in [-0.25, -0.2) is 4.68 Å². The van der Waals surface area contributed by atoms with Gasteiger partial charge >= 0.3 is 0 Å². The van der Waals surface area contributed by atoms with Gasteiger partial charge in [0.2, 0.25) is 0 Å². The van der Waals surface area contributed by atoms with Crippen LogP contribution in [0, 0.1) is 13.8 Å². The Kier molecular flexibility index (Phi) is 2.98. The van der Waals surface area contributed by atoms with Crippen molar-refractivity contribution in [3.63, 3.8) is 0 Å². The first-order valence-electron chi connectivity index (χ1n) is 5.20. The number of hydrogen-bond donors (Lipinski definition) is 1. The molecular weight excluding hydrogens is 238 g/mol. The van der Waals surface area contributed by atoms with E-state index in [0.29, 0.717) is 10.7 Å². The molecule has 0 saturated heterocycles. The van der Waals surface area contributed by atoms with Crippen LogP contribution in [0.4, 0.5) is 5.69 Å². The number of benzene rings is 1. The molecular formula is C12H14ClN3O. The summed E-state index contributed by atoms with van der Waals surface area (Å²) in [6.07, 6.45) is 0. The van der Waals surface area contributed by atoms with Crippen molar-refractivity contribution >= 4 is 17.3 Å². The molecule has 1 aromatic heterocycles. The highest BCUT2D eigenvalue weighted by molar-refractivity contribution is 6.31. The second-order valence-electron chi connectivity index (χ2n) is 3.82. The van der Waals surface area contributed by atoms with Crippen LogP contribution in [0.1, 0.15) is 11.4 Å². The highest BCUT2D eigenvalue weighted by atomic mass is 35.5. The number of aryl methyl sites for hydroxylation is 1. The van der Waals surface area contributed by atoms with Gasteiger partial charge in [0.25, 0.3) is 0 Å². The van der Waals surface area contributed by atoms with Crippen LogP contribution in [0.2, 0.25) is 5.02 Å². The maximum atomic E-state index is 6.12. The second-order valence-corrected chi connectivity index (χ2v) is 4.20. The Bertz CT molecular complexity index is 563. The molecule has 0 aliphatic rings. The predicted octanol–water partition coefficient (Wildman–Crippen LogP) is 2.73. The van der Waals surface area contributed by atoms with E-state index in [1.165, 1.54) is 0 Å². The molecule has 17 heavy (non-hydrogen) atoms. The summed E-state index contributed by atoms with van der Waals surface area (Å²) in [4.78, 5) is 0. The summed E-state index contributed by atoms with van der Waals surface area (Å²) in [7, 11) is 1.61. The third kappa shape index (κ3) is 1.96. The molecule has 0 fully saturated rings. The zero-order valence-electron chi connectivity index (χ0n) is 9.99. The largest absolute Gasteiger partial charge is 0.497 e. The Morgan fingerprint density at radius 1 is 1.35 bits per heavy atom. The molecule has 0 bridgehead atoms. The van der Waals surface area contributed by atoms with Gasteiger partial charge in [-0.05, 0) is 26.0 Å². The lowest BCUT2D eigenvalue weighted by atomic mass is 10.2. The fourth-order valence-corrected chi connectivity index (χ4v) is 1.81. The van der Waals surface area contributed by atoms with Gasteiger partial charge in [-0.3, -0.25) is 0 Å². The van der Waals surface area contributed by atoms with Gasteiger partial charge in [-0.2, -0.15) is 5.10 Å². The molecule has 2 aromatic rings. The van der Waals surface area contributed by atoms with Crippen LogP contribution in [0.3, 0.4) is 0 Å². The molecule has 1 heterocycles. The molecule has 0 unspecified atom stereocenters. The van der Waals surface area contributed by atoms with Gasteiger partial charge in [0.1, 0.15) is 5.75 Å². The van der Waals surface area contributed by atoms with Crippen molar-refractivity contribution in [3.8, 4) is 11.4 Å². The number of anilines is 1. The van der Waals surface area contributed by atoms with Crippen LogP contribution in [-0.4, -0.2) is 16.9 Å². The van der Waals surface area contributed by atoms with Crippen LogP contribution in [-0.2, 0) is 0 Å². The highest BCUT2D eigenvalue weighted by Crippen LogP contribution is 2.27. The molecule has 0 saturated carbocycles. The summed E-state index contributed by atoms with van der Waals surface area (Å²) in [6.45, 7) is 3.77. The van der Waals surface area contributed by atoms with E-state index < -0.39 is 0 Å². The van der Waals surface area contributed by atoms with Crippen molar-refractivity contribution in [3.05, 3.63) is 34.6 Å². The molecule has 2 rings (SSSR count). The molecule has 0 spiro atoms. The van der Waals surface area contributed by atoms with Crippen molar-refractivity contribution < 1.29 is 4.74 Å². The molecule has 90 valence electrons. The normalized spacial score (nSPS) is 10.6. The average molecular weight is 252 g/mol. The van der Waals surface area contributed by atoms with Crippen LogP contribution in [0.5, 0.6) is 5.75 Å². The van der Waals surface area contributed by atoms with E-state index in [4.69, 9.17) is 22.1 Å². The first kappa shape index (κ1) is 11.8. The third-order valence-corrected chi connectivity index (χ3v) is 3.22. The van der Waals surface area contributed by atoms with Crippen molar-refractivity contribution in [1.29, 1.82) is 0 Å². The summed E-state index contributed by atoms with van der Waals surface area (Å²) in [6, 6.07) is 5.44. The van der Waals surface area contributed by atoms with E-state index in [0.717, 1.165) is 22.8 Å². The molecule has 0 amide bonds. The predicted molar refractivity (Wildman–Crippen MR) is 69.0 cm³/mol. The quantitative estimate of drug-likeness (QED) is 0.835. The standard InChI is InChI=1S/C12H14ClN3O/c1-7-12(13)8(2)16(15-7)11-6-9(17-3)4-5-10(11)14/h4-6H,14H2,1-3H3. The van der Waals surface area contributed by atoms with E-state index in [-0.39, 0.29) is 0 Å². The second kappa shape index (κ2) is 4.30. The van der Waals surface area contributed by atoms with Gasteiger partial charge in [-0.15, -0.1) is 0 Å². The summed E-state index contributed by atoms with van der Waals surface area (Å²) in [5, 5.41) is 5.02. The van der Waals surface area contributed by atoms with Gasteiger partial charge in [0.05, 0.1) is 34.9 Å². The molecule has 5 heteroatoms. The molecule has 0 aliphatic heterocycles. The number of halogens is 1. The van der Waals surface area contributed by atoms with Gasteiger partial charge in [0, 0.05) is 6.07 Å². The van der Waals surface area contributed by atoms with Crippen LogP contribution in [0.15, 0.2) is 18.2 Å². The van der Waals surface area contributed by atoms with E-state index in [1.807, 2.05) is 26.0 Å². The Morgan fingerprint density at radius 3 is 2.59 bits per heavy atom. The smallest absolute Gasteiger partial charge is 0.121 e. The summed E-state index contributed by atoms with van der Waals surface area (Å²) < 4.78 is 6.91. The van der Waals surface area contributed by atoms with Crippen LogP contribution >= 0.6 is 11.6 Å². The van der Waals surface area contributed by atoms with E-state index >= 15 is 0 Å². The SMILES string of the molecule is COc1ccc(N)c(-n2nc(C)c(Cl)c2C)c1. The Labute approximate surface area is 105 Å². The maximum Gasteiger partial charge on any atom is 0.121 e. The first-order chi connectivity index (χ1) is 8.04. The molecule has 0 radical (unpaired) electrons. The topological polar surface area (TPSA) is 53.1 Å². The summed E-state index contributed by atoms with van der Waals surface area (Å²) >= 11 is 6.12. The highest BCUT2D eigenvalue weighted by Gasteiger charge is 2.13. The number of ether oxygens (including phenoxy) is 1. The van der Waals surface area contributed by atoms with E-state index in [2.05, 4.69) is 5.10 Å². The zero-order valence-corrected chi connectivity index (χ0v) is 10.7. The van der Waals surface area contributed by atoms with E-state index in [9.17, 15) is 0 Å². The number of rotatable bonds is 2. The molecule has 4 nitrogen and oxygen atoms in total. The molecule has 2 N–H and O–H groups in total. The van der Waals surface area contributed by atoms with Crippen molar-refractivity contribution in [2.45, 2.75) is 13.8 Å². The number of nitrogens with two attached hydrogens (primary N) is 1. The Balaban J connectivity index is 2.63. The number of nitrogen functional groups attached to an aromatic ring is 1. The average Bonchev–Trinajstić information content (AvgIpc) is 2.58. The number of methoxy groups -OCH3 is 1. The first-order valence-corrected chi connectivity index (χ1v) is 5.58. The lowest BCUT2D eigenvalue weighted by Crippen LogP contribution is -2.03. The minimum Gasteiger partial charge on any atom is -0.497 e. The monoisotopic (exact) mass is 251 g/mol. The van der Waals surface area contributed by atoms with Crippen molar-refractivity contribution in [2.24, 2.45) is 0 Å². The van der Waals surface area contributed by atoms with Gasteiger partial charge in [-0.1, -0.05) is 11.6 Å². The minimum atomic E-state index is 0.632. The van der Waals surface area contributed by atoms with Crippen molar-refractivity contribution in [2.75, 3.05) is 12.8 Å². The summed E-state index contributed by atoms with van der Waals surface area (Å²) in [5.41, 5.74) is 9.00. The van der Waals surface area contributed by atoms with Crippen molar-refractivity contribution in [1.82, 2.24) is 9.78 Å². The van der Waals surface area contributed by atoms with Gasteiger partial charge in [0.15, 0.2) is 0 Å². The maximum absolute atomic E-state index is 6.12. The number of aromatic nitrogens is 2. The Hall–Kier alpha value is -1.68. The number of nitrogens with zero attached hydrogens (tertiary/aromatic N) is 2. The zero-order chi connectivity index (χ0) is 12.6. The fraction of sp³-hybridized carbons (Fsp3) is 0.250. The lowest BCUT2D eigenvalue weighted by Gasteiger charge is -2.09. The minimum absolute atomic E-state index is 0.632. The molecule has 0 aliphatic carbocycles. The van der Waals surface area contributed by atoms with Gasteiger partial charge < -0.3 is 10.5 Å².